The molecule has 4 aromatic rings. The van der Waals surface area contributed by atoms with Crippen LogP contribution in [0.3, 0.4) is 0 Å². The van der Waals surface area contributed by atoms with E-state index in [1.807, 2.05) is 47.9 Å². The molecule has 0 aliphatic carbocycles. The number of aromatic nitrogens is 3. The molecule has 140 valence electrons. The maximum absolute atomic E-state index is 13.7. The number of benzene rings is 2. The largest absolute Gasteiger partial charge is 0.323 e. The van der Waals surface area contributed by atoms with E-state index in [1.54, 1.807) is 6.20 Å². The fourth-order valence-electron chi connectivity index (χ4n) is 3.07. The molecule has 0 unspecified atom stereocenters. The van der Waals surface area contributed by atoms with Gasteiger partial charge >= 0.3 is 0 Å². The summed E-state index contributed by atoms with van der Waals surface area (Å²) in [5.41, 5.74) is 3.17. The summed E-state index contributed by atoms with van der Waals surface area (Å²) in [7, 11) is 0. The lowest BCUT2D eigenvalue weighted by Crippen LogP contribution is -2.15. The molecule has 7 heteroatoms. The lowest BCUT2D eigenvalue weighted by atomic mass is 10.1. The SMILES string of the molecule is Cc1nc2cccnc2n1-c1ccc(CC(=O)Nc2ccc(F)cc2F)cc1. The number of fused-ring (bicyclic) bond motifs is 1. The molecule has 1 amide bonds. The standard InChI is InChI=1S/C21H16F2N4O/c1-13-25-19-3-2-10-24-21(19)27(13)16-7-4-14(5-8-16)11-20(28)26-18-9-6-15(22)12-17(18)23/h2-10,12H,11H2,1H3,(H,26,28). The van der Waals surface area contributed by atoms with Gasteiger partial charge in [-0.05, 0) is 48.9 Å². The van der Waals surface area contributed by atoms with Crippen molar-refractivity contribution in [3.8, 4) is 5.69 Å². The second kappa shape index (κ2) is 7.19. The van der Waals surface area contributed by atoms with Gasteiger partial charge in [0.05, 0.1) is 12.1 Å². The van der Waals surface area contributed by atoms with Crippen LogP contribution in [0.2, 0.25) is 0 Å². The van der Waals surface area contributed by atoms with E-state index >= 15 is 0 Å². The van der Waals surface area contributed by atoms with E-state index in [9.17, 15) is 13.6 Å². The number of anilines is 1. The molecule has 0 fully saturated rings. The molecule has 0 saturated heterocycles. The molecule has 5 nitrogen and oxygen atoms in total. The predicted molar refractivity (Wildman–Crippen MR) is 102 cm³/mol. The maximum Gasteiger partial charge on any atom is 0.228 e. The molecule has 1 N–H and O–H groups in total. The van der Waals surface area contributed by atoms with Crippen LogP contribution in [-0.2, 0) is 11.2 Å². The second-order valence-corrected chi connectivity index (χ2v) is 6.36. The van der Waals surface area contributed by atoms with Crippen LogP contribution in [0.15, 0.2) is 60.8 Å². The molecule has 4 rings (SSSR count). The van der Waals surface area contributed by atoms with Crippen LogP contribution in [0.25, 0.3) is 16.9 Å². The Morgan fingerprint density at radius 2 is 1.89 bits per heavy atom. The van der Waals surface area contributed by atoms with Crippen LogP contribution in [0.5, 0.6) is 0 Å². The molecule has 0 radical (unpaired) electrons. The van der Waals surface area contributed by atoms with Crippen LogP contribution in [0, 0.1) is 18.6 Å². The number of aryl methyl sites for hydroxylation is 1. The fraction of sp³-hybridized carbons (Fsp3) is 0.0952. The van der Waals surface area contributed by atoms with Crippen molar-refractivity contribution in [1.29, 1.82) is 0 Å². The Hall–Kier alpha value is -3.61. The van der Waals surface area contributed by atoms with E-state index in [1.165, 1.54) is 6.07 Å². The van der Waals surface area contributed by atoms with Crippen molar-refractivity contribution in [2.45, 2.75) is 13.3 Å². The van der Waals surface area contributed by atoms with E-state index in [0.29, 0.717) is 0 Å². The third-order valence-electron chi connectivity index (χ3n) is 4.35. The number of rotatable bonds is 4. The highest BCUT2D eigenvalue weighted by Crippen LogP contribution is 2.20. The van der Waals surface area contributed by atoms with Gasteiger partial charge in [0.25, 0.3) is 0 Å². The normalized spacial score (nSPS) is 11.0. The van der Waals surface area contributed by atoms with Crippen molar-refractivity contribution in [3.05, 3.63) is 83.8 Å². The van der Waals surface area contributed by atoms with Crippen molar-refractivity contribution in [2.24, 2.45) is 0 Å². The Morgan fingerprint density at radius 3 is 2.64 bits per heavy atom. The van der Waals surface area contributed by atoms with Gasteiger partial charge in [-0.2, -0.15) is 0 Å². The van der Waals surface area contributed by atoms with Gasteiger partial charge < -0.3 is 5.32 Å². The summed E-state index contributed by atoms with van der Waals surface area (Å²) in [6, 6.07) is 14.2. The molecule has 0 spiro atoms. The summed E-state index contributed by atoms with van der Waals surface area (Å²) >= 11 is 0. The maximum atomic E-state index is 13.7. The number of halogens is 2. The van der Waals surface area contributed by atoms with Crippen molar-refractivity contribution in [2.75, 3.05) is 5.32 Å². The molecular formula is C21H16F2N4O. The third-order valence-corrected chi connectivity index (χ3v) is 4.35. The van der Waals surface area contributed by atoms with Crippen molar-refractivity contribution in [1.82, 2.24) is 14.5 Å². The first-order chi connectivity index (χ1) is 13.5. The summed E-state index contributed by atoms with van der Waals surface area (Å²) in [6.07, 6.45) is 1.78. The van der Waals surface area contributed by atoms with Gasteiger partial charge in [0.15, 0.2) is 5.65 Å². The zero-order valence-electron chi connectivity index (χ0n) is 15.0. The lowest BCUT2D eigenvalue weighted by Gasteiger charge is -2.09. The monoisotopic (exact) mass is 378 g/mol. The summed E-state index contributed by atoms with van der Waals surface area (Å²) in [6.45, 7) is 1.90. The van der Waals surface area contributed by atoms with Crippen LogP contribution in [0.1, 0.15) is 11.4 Å². The molecule has 0 aliphatic heterocycles. The van der Waals surface area contributed by atoms with Crippen molar-refractivity contribution >= 4 is 22.8 Å². The number of carbonyl (C=O) groups is 1. The molecule has 0 atom stereocenters. The third kappa shape index (κ3) is 3.46. The van der Waals surface area contributed by atoms with E-state index < -0.39 is 11.6 Å². The number of hydrogen-bond donors (Lipinski definition) is 1. The minimum Gasteiger partial charge on any atom is -0.323 e. The lowest BCUT2D eigenvalue weighted by molar-refractivity contribution is -0.115. The molecule has 2 aromatic heterocycles. The summed E-state index contributed by atoms with van der Waals surface area (Å²) in [4.78, 5) is 21.0. The Bertz CT molecular complexity index is 1170. The minimum absolute atomic E-state index is 0.0467. The molecule has 2 aromatic carbocycles. The summed E-state index contributed by atoms with van der Waals surface area (Å²) in [5, 5.41) is 2.46. The number of hydrogen-bond acceptors (Lipinski definition) is 3. The highest BCUT2D eigenvalue weighted by molar-refractivity contribution is 5.92. The first kappa shape index (κ1) is 17.8. The Morgan fingerprint density at radius 1 is 1.11 bits per heavy atom. The molecule has 0 bridgehead atoms. The number of pyridine rings is 1. The Kier molecular flexibility index (Phi) is 4.57. The van der Waals surface area contributed by atoms with Gasteiger partial charge in [-0.3, -0.25) is 9.36 Å². The van der Waals surface area contributed by atoms with E-state index in [4.69, 9.17) is 0 Å². The zero-order valence-corrected chi connectivity index (χ0v) is 15.0. The van der Waals surface area contributed by atoms with Crippen LogP contribution in [0.4, 0.5) is 14.5 Å². The van der Waals surface area contributed by atoms with Gasteiger partial charge in [-0.15, -0.1) is 0 Å². The van der Waals surface area contributed by atoms with E-state index in [2.05, 4.69) is 15.3 Å². The highest BCUT2D eigenvalue weighted by Gasteiger charge is 2.12. The first-order valence-corrected chi connectivity index (χ1v) is 8.65. The van der Waals surface area contributed by atoms with Crippen LogP contribution >= 0.6 is 0 Å². The van der Waals surface area contributed by atoms with Gasteiger partial charge in [0.2, 0.25) is 5.91 Å². The Labute approximate surface area is 159 Å². The zero-order chi connectivity index (χ0) is 19.7. The molecule has 0 aliphatic rings. The molecule has 28 heavy (non-hydrogen) atoms. The van der Waals surface area contributed by atoms with Crippen molar-refractivity contribution < 1.29 is 13.6 Å². The molecule has 0 saturated carbocycles. The number of amides is 1. The summed E-state index contributed by atoms with van der Waals surface area (Å²) in [5.74, 6) is -1.07. The smallest absolute Gasteiger partial charge is 0.228 e. The van der Waals surface area contributed by atoms with Gasteiger partial charge in [-0.1, -0.05) is 12.1 Å². The number of nitrogens with zero attached hydrogens (tertiary/aromatic N) is 3. The van der Waals surface area contributed by atoms with Crippen molar-refractivity contribution in [3.63, 3.8) is 0 Å². The van der Waals surface area contributed by atoms with Gasteiger partial charge in [0.1, 0.15) is 23.0 Å². The van der Waals surface area contributed by atoms with Gasteiger partial charge in [0, 0.05) is 18.0 Å². The minimum atomic E-state index is -0.807. The number of nitrogens with one attached hydrogen (secondary N) is 1. The van der Waals surface area contributed by atoms with E-state index in [0.717, 1.165) is 40.4 Å². The van der Waals surface area contributed by atoms with Crippen LogP contribution in [-0.4, -0.2) is 20.4 Å². The molecule has 2 heterocycles. The predicted octanol–water partition coefficient (Wildman–Crippen LogP) is 4.19. The van der Waals surface area contributed by atoms with Gasteiger partial charge in [-0.25, -0.2) is 18.7 Å². The molecular weight excluding hydrogens is 362 g/mol. The number of carbonyl (C=O) groups excluding carboxylic acids is 1. The average Bonchev–Trinajstić information content (AvgIpc) is 3.00. The number of imidazole rings is 1. The topological polar surface area (TPSA) is 59.8 Å². The quantitative estimate of drug-likeness (QED) is 0.579. The first-order valence-electron chi connectivity index (χ1n) is 8.65. The van der Waals surface area contributed by atoms with E-state index in [-0.39, 0.29) is 18.0 Å². The average molecular weight is 378 g/mol. The second-order valence-electron chi connectivity index (χ2n) is 6.36. The van der Waals surface area contributed by atoms with Crippen LogP contribution < -0.4 is 5.32 Å². The Balaban J connectivity index is 1.51. The fourth-order valence-corrected chi connectivity index (χ4v) is 3.07. The summed E-state index contributed by atoms with van der Waals surface area (Å²) < 4.78 is 28.5. The highest BCUT2D eigenvalue weighted by atomic mass is 19.1.